The molecule has 1 N–H and O–H groups in total. The number of fused-ring (bicyclic) bond motifs is 1. The number of unbranched alkanes of at least 4 members (excludes halogenated alkanes) is 2. The van der Waals surface area contributed by atoms with Gasteiger partial charge in [0.15, 0.2) is 5.65 Å². The average molecular weight is 364 g/mol. The number of nitrogens with one attached hydrogen (secondary N) is 1. The molecule has 2 aromatic heterocycles. The molecule has 0 aromatic carbocycles. The van der Waals surface area contributed by atoms with Gasteiger partial charge in [0.25, 0.3) is 5.56 Å². The number of halogens is 1. The average Bonchev–Trinajstić information content (AvgIpc) is 2.80. The van der Waals surface area contributed by atoms with Gasteiger partial charge in [-0.3, -0.25) is 13.9 Å². The second-order valence-corrected chi connectivity index (χ2v) is 4.11. The fourth-order valence-corrected chi connectivity index (χ4v) is 1.91. The predicted octanol–water partition coefficient (Wildman–Crippen LogP) is 1.23. The molecule has 0 fully saturated rings. The molecule has 0 unspecified atom stereocenters. The molecule has 0 saturated carbocycles. The Bertz CT molecular complexity index is 641. The van der Waals surface area contributed by atoms with Crippen molar-refractivity contribution in [2.45, 2.75) is 32.7 Å². The van der Waals surface area contributed by atoms with Crippen LogP contribution in [0, 0.1) is 0 Å². The van der Waals surface area contributed by atoms with E-state index >= 15 is 0 Å². The number of aromatic nitrogens is 4. The van der Waals surface area contributed by atoms with Crippen LogP contribution in [0.2, 0.25) is 0 Å². The second kappa shape index (κ2) is 6.17. The summed E-state index contributed by atoms with van der Waals surface area (Å²) in [5.74, 6) is 0. The number of imidazole rings is 1. The number of nitrogens with zero attached hydrogens (tertiary/aromatic N) is 3. The van der Waals surface area contributed by atoms with Gasteiger partial charge >= 0.3 is 5.69 Å². The van der Waals surface area contributed by atoms with E-state index in [1.165, 1.54) is 15.5 Å². The van der Waals surface area contributed by atoms with Crippen LogP contribution in [0.1, 0.15) is 26.2 Å². The van der Waals surface area contributed by atoms with E-state index in [1.54, 1.807) is 7.05 Å². The third-order valence-corrected chi connectivity index (χ3v) is 2.90. The molecule has 100 valence electrons. The van der Waals surface area contributed by atoms with E-state index in [1.807, 2.05) is 0 Å². The van der Waals surface area contributed by atoms with E-state index < -0.39 is 0 Å². The van der Waals surface area contributed by atoms with Crippen LogP contribution in [0.5, 0.6) is 0 Å². The third kappa shape index (κ3) is 2.50. The lowest BCUT2D eigenvalue weighted by atomic mass is 10.2. The Balaban J connectivity index is 0.00000162. The summed E-state index contributed by atoms with van der Waals surface area (Å²) < 4.78 is 2.68. The molecule has 6 nitrogen and oxygen atoms in total. The first kappa shape index (κ1) is 14.9. The Morgan fingerprint density at radius 2 is 2.06 bits per heavy atom. The number of H-pyrrole nitrogens is 1. The van der Waals surface area contributed by atoms with Crippen LogP contribution in [-0.4, -0.2) is 19.1 Å². The van der Waals surface area contributed by atoms with Gasteiger partial charge in [-0.05, 0) is 6.42 Å². The Hall–Kier alpha value is -1.12. The molecule has 0 bridgehead atoms. The minimum Gasteiger partial charge on any atom is -0.339 e. The van der Waals surface area contributed by atoms with Crippen LogP contribution >= 0.6 is 24.0 Å². The summed E-state index contributed by atoms with van der Waals surface area (Å²) in [4.78, 5) is 30.8. The van der Waals surface area contributed by atoms with Gasteiger partial charge in [0.1, 0.15) is 5.52 Å². The number of hydrogen-bond acceptors (Lipinski definition) is 3. The van der Waals surface area contributed by atoms with E-state index in [4.69, 9.17) is 0 Å². The summed E-state index contributed by atoms with van der Waals surface area (Å²) in [6, 6.07) is 0. The first-order valence-corrected chi connectivity index (χ1v) is 5.79. The van der Waals surface area contributed by atoms with Crippen molar-refractivity contribution in [3.05, 3.63) is 27.2 Å². The molecule has 0 amide bonds. The van der Waals surface area contributed by atoms with Crippen LogP contribution in [0.15, 0.2) is 15.9 Å². The minimum atomic E-state index is -0.300. The zero-order valence-electron chi connectivity index (χ0n) is 10.5. The van der Waals surface area contributed by atoms with Crippen LogP contribution in [0.3, 0.4) is 0 Å². The lowest BCUT2D eigenvalue weighted by Gasteiger charge is -2.06. The standard InChI is InChI=1S/C11H16N4O2.HI/c1-3-4-5-6-15-10(16)8-9(13-7-12-8)14(2)11(15)17;/h7H,3-6H2,1-2H3,(H,12,13);1H. The summed E-state index contributed by atoms with van der Waals surface area (Å²) in [6.07, 6.45) is 4.34. The molecule has 0 atom stereocenters. The van der Waals surface area contributed by atoms with Crippen molar-refractivity contribution < 1.29 is 0 Å². The minimum absolute atomic E-state index is 0. The largest absolute Gasteiger partial charge is 0.339 e. The summed E-state index contributed by atoms with van der Waals surface area (Å²) in [7, 11) is 1.63. The van der Waals surface area contributed by atoms with Gasteiger partial charge in [-0.2, -0.15) is 0 Å². The lowest BCUT2D eigenvalue weighted by molar-refractivity contribution is 0.550. The van der Waals surface area contributed by atoms with Crippen molar-refractivity contribution in [3.8, 4) is 0 Å². The number of rotatable bonds is 4. The highest BCUT2D eigenvalue weighted by molar-refractivity contribution is 14.0. The first-order valence-electron chi connectivity index (χ1n) is 5.79. The van der Waals surface area contributed by atoms with Crippen LogP contribution < -0.4 is 11.2 Å². The fourth-order valence-electron chi connectivity index (χ4n) is 1.91. The van der Waals surface area contributed by atoms with E-state index in [0.29, 0.717) is 17.7 Å². The Kier molecular flexibility index (Phi) is 5.12. The maximum Gasteiger partial charge on any atom is 0.332 e. The van der Waals surface area contributed by atoms with Crippen molar-refractivity contribution >= 4 is 35.1 Å². The molecular formula is C11H17IN4O2. The molecule has 0 radical (unpaired) electrons. The van der Waals surface area contributed by atoms with Gasteiger partial charge in [-0.1, -0.05) is 19.8 Å². The first-order chi connectivity index (χ1) is 8.16. The highest BCUT2D eigenvalue weighted by Crippen LogP contribution is 2.00. The molecule has 0 aliphatic carbocycles. The molecule has 7 heteroatoms. The molecule has 18 heavy (non-hydrogen) atoms. The quantitative estimate of drug-likeness (QED) is 0.655. The Morgan fingerprint density at radius 3 is 2.72 bits per heavy atom. The second-order valence-electron chi connectivity index (χ2n) is 4.11. The van der Waals surface area contributed by atoms with Crippen LogP contribution in [0.4, 0.5) is 0 Å². The topological polar surface area (TPSA) is 72.7 Å². The van der Waals surface area contributed by atoms with Crippen molar-refractivity contribution in [1.29, 1.82) is 0 Å². The number of aromatic amines is 1. The summed E-state index contributed by atoms with van der Waals surface area (Å²) >= 11 is 0. The SMILES string of the molecule is CCCCCn1c(=O)c2[nH]cnc2n(C)c1=O.I. The fraction of sp³-hybridized carbons (Fsp3) is 0.545. The van der Waals surface area contributed by atoms with E-state index in [-0.39, 0.29) is 35.2 Å². The van der Waals surface area contributed by atoms with Crippen molar-refractivity contribution in [2.24, 2.45) is 7.05 Å². The highest BCUT2D eigenvalue weighted by Gasteiger charge is 2.11. The van der Waals surface area contributed by atoms with Crippen molar-refractivity contribution in [1.82, 2.24) is 19.1 Å². The van der Waals surface area contributed by atoms with Gasteiger partial charge in [0.05, 0.1) is 6.33 Å². The predicted molar refractivity (Wildman–Crippen MR) is 80.5 cm³/mol. The molecular weight excluding hydrogens is 347 g/mol. The van der Waals surface area contributed by atoms with Crippen molar-refractivity contribution in [3.63, 3.8) is 0 Å². The van der Waals surface area contributed by atoms with Gasteiger partial charge in [-0.25, -0.2) is 9.78 Å². The monoisotopic (exact) mass is 364 g/mol. The lowest BCUT2D eigenvalue weighted by Crippen LogP contribution is -2.39. The van der Waals surface area contributed by atoms with Gasteiger partial charge in [0.2, 0.25) is 0 Å². The molecule has 0 saturated heterocycles. The summed E-state index contributed by atoms with van der Waals surface area (Å²) in [5, 5.41) is 0. The van der Waals surface area contributed by atoms with E-state index in [2.05, 4.69) is 16.9 Å². The van der Waals surface area contributed by atoms with E-state index in [9.17, 15) is 9.59 Å². The van der Waals surface area contributed by atoms with Gasteiger partial charge in [0, 0.05) is 13.6 Å². The Labute approximate surface area is 121 Å². The van der Waals surface area contributed by atoms with Gasteiger partial charge < -0.3 is 4.98 Å². The Morgan fingerprint density at radius 1 is 1.33 bits per heavy atom. The maximum atomic E-state index is 12.0. The normalized spacial score (nSPS) is 10.6. The smallest absolute Gasteiger partial charge is 0.332 e. The molecule has 2 aromatic rings. The summed E-state index contributed by atoms with van der Waals surface area (Å²) in [5.41, 5.74) is 0.220. The van der Waals surface area contributed by atoms with Crippen LogP contribution in [0.25, 0.3) is 11.2 Å². The molecule has 2 rings (SSSR count). The molecule has 2 heterocycles. The molecule has 0 aliphatic rings. The number of hydrogen-bond donors (Lipinski definition) is 1. The zero-order valence-corrected chi connectivity index (χ0v) is 12.8. The summed E-state index contributed by atoms with van der Waals surface area (Å²) in [6.45, 7) is 2.55. The van der Waals surface area contributed by atoms with Gasteiger partial charge in [-0.15, -0.1) is 24.0 Å². The van der Waals surface area contributed by atoms with Crippen molar-refractivity contribution in [2.75, 3.05) is 0 Å². The number of aryl methyl sites for hydroxylation is 1. The maximum absolute atomic E-state index is 12.0. The zero-order chi connectivity index (χ0) is 12.4. The van der Waals surface area contributed by atoms with E-state index in [0.717, 1.165) is 19.3 Å². The molecule has 0 aliphatic heterocycles. The molecule has 0 spiro atoms. The third-order valence-electron chi connectivity index (χ3n) is 2.90. The van der Waals surface area contributed by atoms with Crippen LogP contribution in [-0.2, 0) is 13.6 Å². The highest BCUT2D eigenvalue weighted by atomic mass is 127.